The lowest BCUT2D eigenvalue weighted by molar-refractivity contribution is -0.147. The number of fused-ring (bicyclic) bond motifs is 1. The van der Waals surface area contributed by atoms with Crippen LogP contribution in [-0.2, 0) is 27.2 Å². The third-order valence-electron chi connectivity index (χ3n) is 6.36. The van der Waals surface area contributed by atoms with Gasteiger partial charge in [-0.15, -0.1) is 0 Å². The van der Waals surface area contributed by atoms with Crippen LogP contribution >= 0.6 is 11.6 Å². The molecule has 4 rings (SSSR count). The van der Waals surface area contributed by atoms with Crippen molar-refractivity contribution in [3.63, 3.8) is 0 Å². The second kappa shape index (κ2) is 9.23. The summed E-state index contributed by atoms with van der Waals surface area (Å²) in [7, 11) is 0. The summed E-state index contributed by atoms with van der Waals surface area (Å²) in [4.78, 5) is 41.4. The zero-order valence-electron chi connectivity index (χ0n) is 18.4. The van der Waals surface area contributed by atoms with Crippen LogP contribution in [0.4, 0.5) is 15.8 Å². The van der Waals surface area contributed by atoms with E-state index in [0.717, 1.165) is 17.7 Å². The number of ketones is 1. The molecule has 8 heteroatoms. The number of benzene rings is 2. The molecule has 0 unspecified atom stereocenters. The minimum atomic E-state index is -2.10. The molecule has 0 bridgehead atoms. The highest BCUT2D eigenvalue weighted by atomic mass is 35.5. The second-order valence-electron chi connectivity index (χ2n) is 8.63. The molecule has 2 aromatic rings. The van der Waals surface area contributed by atoms with E-state index in [0.29, 0.717) is 30.6 Å². The maximum Gasteiger partial charge on any atom is 0.266 e. The van der Waals surface area contributed by atoms with Gasteiger partial charge in [0.15, 0.2) is 5.78 Å². The maximum absolute atomic E-state index is 13.5. The number of rotatable bonds is 7. The van der Waals surface area contributed by atoms with E-state index in [4.69, 9.17) is 11.6 Å². The Hall–Kier alpha value is -2.77. The summed E-state index contributed by atoms with van der Waals surface area (Å²) in [5.41, 5.74) is 0.849. The molecule has 0 aliphatic carbocycles. The van der Waals surface area contributed by atoms with Gasteiger partial charge in [0.05, 0.1) is 0 Å². The Morgan fingerprint density at radius 2 is 1.94 bits per heavy atom. The van der Waals surface area contributed by atoms with Crippen molar-refractivity contribution in [3.8, 4) is 0 Å². The Bertz CT molecular complexity index is 1100. The molecule has 1 N–H and O–H groups in total. The van der Waals surface area contributed by atoms with Gasteiger partial charge in [-0.25, -0.2) is 4.39 Å². The summed E-state index contributed by atoms with van der Waals surface area (Å²) in [5, 5.41) is 11.1. The van der Waals surface area contributed by atoms with Gasteiger partial charge in [0, 0.05) is 48.7 Å². The smallest absolute Gasteiger partial charge is 0.266 e. The molecule has 1 atom stereocenters. The number of hydrogen-bond acceptors (Lipinski definition) is 4. The minimum absolute atomic E-state index is 0.00717. The highest BCUT2D eigenvalue weighted by molar-refractivity contribution is 6.30. The van der Waals surface area contributed by atoms with Crippen LogP contribution in [0.2, 0.25) is 5.02 Å². The molecule has 2 aliphatic heterocycles. The molecule has 0 spiro atoms. The lowest BCUT2D eigenvalue weighted by Crippen LogP contribution is -2.47. The summed E-state index contributed by atoms with van der Waals surface area (Å²) in [5.74, 6) is -1.66. The molecule has 2 amide bonds. The number of Topliss-reactive ketones (excluding diaryl/α,β-unsaturated/α-hetero) is 1. The van der Waals surface area contributed by atoms with Crippen molar-refractivity contribution in [2.75, 3.05) is 22.9 Å². The predicted molar refractivity (Wildman–Crippen MR) is 124 cm³/mol. The van der Waals surface area contributed by atoms with Gasteiger partial charge in [-0.2, -0.15) is 0 Å². The summed E-state index contributed by atoms with van der Waals surface area (Å²) in [6.45, 7) is 2.79. The van der Waals surface area contributed by atoms with Gasteiger partial charge in [0.1, 0.15) is 5.82 Å². The lowest BCUT2D eigenvalue weighted by Gasteiger charge is -2.22. The molecule has 33 heavy (non-hydrogen) atoms. The van der Waals surface area contributed by atoms with Crippen molar-refractivity contribution in [1.29, 1.82) is 0 Å². The van der Waals surface area contributed by atoms with E-state index in [9.17, 15) is 23.9 Å². The number of aliphatic hydroxyl groups is 1. The zero-order chi connectivity index (χ0) is 23.8. The predicted octanol–water partition coefficient (Wildman–Crippen LogP) is 3.84. The molecule has 2 aliphatic rings. The molecule has 174 valence electrons. The van der Waals surface area contributed by atoms with Gasteiger partial charge in [0.2, 0.25) is 11.5 Å². The highest BCUT2D eigenvalue weighted by Gasteiger charge is 2.51. The molecule has 0 saturated carbocycles. The van der Waals surface area contributed by atoms with Crippen molar-refractivity contribution in [1.82, 2.24) is 0 Å². The Morgan fingerprint density at radius 1 is 1.15 bits per heavy atom. The lowest BCUT2D eigenvalue weighted by atomic mass is 9.92. The average molecular weight is 473 g/mol. The fourth-order valence-electron chi connectivity index (χ4n) is 4.59. The van der Waals surface area contributed by atoms with Crippen LogP contribution < -0.4 is 9.80 Å². The van der Waals surface area contributed by atoms with E-state index in [1.54, 1.807) is 17.0 Å². The first-order valence-electron chi connectivity index (χ1n) is 11.2. The van der Waals surface area contributed by atoms with Gasteiger partial charge >= 0.3 is 0 Å². The monoisotopic (exact) mass is 472 g/mol. The number of carbonyl (C=O) groups excluding carboxylic acids is 3. The number of amides is 2. The van der Waals surface area contributed by atoms with Gasteiger partial charge in [-0.1, -0.05) is 18.5 Å². The molecule has 0 aromatic heterocycles. The van der Waals surface area contributed by atoms with Crippen molar-refractivity contribution < 1.29 is 23.9 Å². The zero-order valence-corrected chi connectivity index (χ0v) is 19.2. The van der Waals surface area contributed by atoms with Crippen LogP contribution in [-0.4, -0.2) is 41.4 Å². The number of nitrogens with zero attached hydrogens (tertiary/aromatic N) is 2. The van der Waals surface area contributed by atoms with Gasteiger partial charge < -0.3 is 14.9 Å². The Kier molecular flexibility index (Phi) is 6.54. The fourth-order valence-corrected chi connectivity index (χ4v) is 4.84. The third-order valence-corrected chi connectivity index (χ3v) is 6.57. The van der Waals surface area contributed by atoms with E-state index in [-0.39, 0.29) is 36.7 Å². The second-order valence-corrected chi connectivity index (χ2v) is 9.06. The fraction of sp³-hybridized carbons (Fsp3) is 0.400. The summed E-state index contributed by atoms with van der Waals surface area (Å²) >= 11 is 5.86. The van der Waals surface area contributed by atoms with E-state index < -0.39 is 23.1 Å². The van der Waals surface area contributed by atoms with Crippen molar-refractivity contribution in [3.05, 3.63) is 58.4 Å². The van der Waals surface area contributed by atoms with Crippen LogP contribution in [0.25, 0.3) is 0 Å². The number of halogens is 2. The summed E-state index contributed by atoms with van der Waals surface area (Å²) in [6, 6.07) is 9.45. The van der Waals surface area contributed by atoms with Crippen molar-refractivity contribution >= 4 is 40.6 Å². The van der Waals surface area contributed by atoms with Gasteiger partial charge in [0.25, 0.3) is 5.91 Å². The summed E-state index contributed by atoms with van der Waals surface area (Å²) < 4.78 is 13.5. The van der Waals surface area contributed by atoms with Crippen LogP contribution in [0.5, 0.6) is 0 Å². The Balaban J connectivity index is 1.46. The Morgan fingerprint density at radius 3 is 2.67 bits per heavy atom. The van der Waals surface area contributed by atoms with Gasteiger partial charge in [-0.05, 0) is 66.8 Å². The third kappa shape index (κ3) is 4.52. The molecule has 6 nitrogen and oxygen atoms in total. The standard InChI is InChI=1S/C25H26ClFN2O4/c1-2-3-23(31)29-10-8-17-14-20(5-6-21(17)29)28-11-9-25(33,24(28)32)22(30)7-4-16-12-18(26)15-19(27)13-16/h5-6,12-15,33H,2-4,7-11H2,1H3/t25-/m0/s1. The maximum atomic E-state index is 13.5. The Labute approximate surface area is 196 Å². The number of carbonyl (C=O) groups is 3. The van der Waals surface area contributed by atoms with Crippen molar-refractivity contribution in [2.24, 2.45) is 0 Å². The molecule has 2 aromatic carbocycles. The van der Waals surface area contributed by atoms with Crippen LogP contribution in [0.1, 0.15) is 43.7 Å². The molecule has 0 radical (unpaired) electrons. The normalized spacial score (nSPS) is 19.8. The molecule has 2 heterocycles. The first kappa shape index (κ1) is 23.4. The van der Waals surface area contributed by atoms with Crippen LogP contribution in [0.15, 0.2) is 36.4 Å². The number of hydrogen-bond donors (Lipinski definition) is 1. The first-order chi connectivity index (χ1) is 15.7. The van der Waals surface area contributed by atoms with Crippen molar-refractivity contribution in [2.45, 2.75) is 51.0 Å². The quantitative estimate of drug-likeness (QED) is 0.621. The molecule has 1 fully saturated rings. The largest absolute Gasteiger partial charge is 0.373 e. The van der Waals surface area contributed by atoms with E-state index >= 15 is 0 Å². The van der Waals surface area contributed by atoms with E-state index in [1.165, 1.54) is 17.0 Å². The topological polar surface area (TPSA) is 77.9 Å². The SMILES string of the molecule is CCCC(=O)N1CCc2cc(N3CC[C@](O)(C(=O)CCc4cc(F)cc(Cl)c4)C3=O)ccc21. The van der Waals surface area contributed by atoms with Crippen LogP contribution in [0.3, 0.4) is 0 Å². The first-order valence-corrected chi connectivity index (χ1v) is 11.6. The number of anilines is 2. The number of aryl methyl sites for hydroxylation is 1. The summed E-state index contributed by atoms with van der Waals surface area (Å²) in [6.07, 6.45) is 2.03. The average Bonchev–Trinajstić information content (AvgIpc) is 3.33. The minimum Gasteiger partial charge on any atom is -0.373 e. The van der Waals surface area contributed by atoms with E-state index in [1.807, 2.05) is 19.1 Å². The molecular weight excluding hydrogens is 447 g/mol. The van der Waals surface area contributed by atoms with Crippen LogP contribution in [0, 0.1) is 5.82 Å². The van der Waals surface area contributed by atoms with Gasteiger partial charge in [-0.3, -0.25) is 14.4 Å². The molecule has 1 saturated heterocycles. The molecular formula is C25H26ClFN2O4. The van der Waals surface area contributed by atoms with E-state index in [2.05, 4.69) is 0 Å². The highest BCUT2D eigenvalue weighted by Crippen LogP contribution is 2.36.